The van der Waals surface area contributed by atoms with Crippen LogP contribution in [0.25, 0.3) is 6.08 Å². The van der Waals surface area contributed by atoms with E-state index in [9.17, 15) is 4.79 Å². The number of carbonyl (C=O) groups excluding carboxylic acids is 1. The van der Waals surface area contributed by atoms with E-state index in [2.05, 4.69) is 9.88 Å². The molecule has 2 aromatic carbocycles. The summed E-state index contributed by atoms with van der Waals surface area (Å²) in [6.45, 7) is 3.77. The molecule has 0 spiro atoms. The van der Waals surface area contributed by atoms with Crippen LogP contribution in [0.1, 0.15) is 32.7 Å². The average Bonchev–Trinajstić information content (AvgIpc) is 3.06. The molecule has 0 amide bonds. The Morgan fingerprint density at radius 2 is 2.00 bits per heavy atom. The summed E-state index contributed by atoms with van der Waals surface area (Å²) in [5.74, 6) is 1.57. The van der Waals surface area contributed by atoms with Crippen LogP contribution in [0.15, 0.2) is 60.5 Å². The highest BCUT2D eigenvalue weighted by Crippen LogP contribution is 2.43. The highest BCUT2D eigenvalue weighted by Gasteiger charge is 2.33. The number of aromatic nitrogens is 1. The monoisotopic (exact) mass is 418 g/mol. The van der Waals surface area contributed by atoms with Gasteiger partial charge in [0.25, 0.3) is 0 Å². The standard InChI is InChI=1S/C24H19ClN2O3/c1-15-23-17(12-27(14-29-23)13-19-4-2-3-9-26-19)11-20-22(28)21(30-24(15)20)10-16-5-7-18(25)8-6-16/h2-11H,12-14H2,1H3/b21-10-. The lowest BCUT2D eigenvalue weighted by Gasteiger charge is -2.30. The summed E-state index contributed by atoms with van der Waals surface area (Å²) < 4.78 is 12.0. The average molecular weight is 419 g/mol. The number of benzene rings is 2. The SMILES string of the molecule is Cc1c2c(cc3c1O/C(=C\c1ccc(Cl)cc1)C3=O)CN(Cc1ccccn1)CO2. The van der Waals surface area contributed by atoms with Gasteiger partial charge in [-0.2, -0.15) is 0 Å². The zero-order valence-corrected chi connectivity index (χ0v) is 17.1. The Bertz CT molecular complexity index is 1160. The second-order valence-corrected chi connectivity index (χ2v) is 7.88. The third kappa shape index (κ3) is 3.47. The van der Waals surface area contributed by atoms with Crippen molar-refractivity contribution in [2.75, 3.05) is 6.73 Å². The van der Waals surface area contributed by atoms with Gasteiger partial charge >= 0.3 is 0 Å². The first-order valence-electron chi connectivity index (χ1n) is 9.70. The van der Waals surface area contributed by atoms with Crippen molar-refractivity contribution in [3.05, 3.63) is 93.5 Å². The maximum absolute atomic E-state index is 13.0. The maximum atomic E-state index is 13.0. The van der Waals surface area contributed by atoms with E-state index in [-0.39, 0.29) is 5.78 Å². The van der Waals surface area contributed by atoms with Crippen molar-refractivity contribution in [1.82, 2.24) is 9.88 Å². The summed E-state index contributed by atoms with van der Waals surface area (Å²) in [6.07, 6.45) is 3.53. The molecule has 0 fully saturated rings. The van der Waals surface area contributed by atoms with Gasteiger partial charge in [0, 0.05) is 35.4 Å². The van der Waals surface area contributed by atoms with Gasteiger partial charge in [-0.1, -0.05) is 29.8 Å². The number of rotatable bonds is 3. The van der Waals surface area contributed by atoms with Crippen molar-refractivity contribution >= 4 is 23.5 Å². The Balaban J connectivity index is 1.43. The van der Waals surface area contributed by atoms with E-state index in [0.29, 0.717) is 41.9 Å². The predicted molar refractivity (Wildman–Crippen MR) is 115 cm³/mol. The lowest BCUT2D eigenvalue weighted by atomic mass is 10.00. The third-order valence-corrected chi connectivity index (χ3v) is 5.53. The molecule has 2 aliphatic rings. The Morgan fingerprint density at radius 1 is 1.17 bits per heavy atom. The van der Waals surface area contributed by atoms with Crippen LogP contribution in [0, 0.1) is 6.92 Å². The molecule has 0 saturated heterocycles. The molecule has 0 saturated carbocycles. The molecule has 1 aromatic heterocycles. The number of hydrogen-bond acceptors (Lipinski definition) is 5. The Labute approximate surface area is 179 Å². The second kappa shape index (κ2) is 7.59. The number of ketones is 1. The van der Waals surface area contributed by atoms with Gasteiger partial charge in [-0.3, -0.25) is 14.7 Å². The first-order valence-corrected chi connectivity index (χ1v) is 10.1. The Morgan fingerprint density at radius 3 is 2.77 bits per heavy atom. The quantitative estimate of drug-likeness (QED) is 0.559. The first-order chi connectivity index (χ1) is 14.6. The van der Waals surface area contributed by atoms with Crippen LogP contribution >= 0.6 is 11.6 Å². The van der Waals surface area contributed by atoms with Crippen LogP contribution in [0.2, 0.25) is 5.02 Å². The molecule has 0 N–H and O–H groups in total. The lowest BCUT2D eigenvalue weighted by molar-refractivity contribution is 0.0865. The molecule has 5 nitrogen and oxygen atoms in total. The number of hydrogen-bond donors (Lipinski definition) is 0. The highest BCUT2D eigenvalue weighted by atomic mass is 35.5. The number of carbonyl (C=O) groups is 1. The summed E-state index contributed by atoms with van der Waals surface area (Å²) in [5, 5.41) is 0.648. The molecule has 0 atom stereocenters. The molecule has 3 aromatic rings. The fourth-order valence-electron chi connectivity index (χ4n) is 3.83. The van der Waals surface area contributed by atoms with E-state index in [1.165, 1.54) is 0 Å². The molecule has 30 heavy (non-hydrogen) atoms. The zero-order chi connectivity index (χ0) is 20.7. The van der Waals surface area contributed by atoms with Crippen molar-refractivity contribution in [3.8, 4) is 11.5 Å². The van der Waals surface area contributed by atoms with Crippen LogP contribution < -0.4 is 9.47 Å². The van der Waals surface area contributed by atoms with E-state index in [0.717, 1.165) is 28.1 Å². The minimum absolute atomic E-state index is 0.118. The van der Waals surface area contributed by atoms with Crippen molar-refractivity contribution < 1.29 is 14.3 Å². The minimum Gasteiger partial charge on any atom is -0.477 e. The topological polar surface area (TPSA) is 51.7 Å². The van der Waals surface area contributed by atoms with Gasteiger partial charge in [-0.15, -0.1) is 0 Å². The van der Waals surface area contributed by atoms with Gasteiger partial charge in [0.05, 0.1) is 11.3 Å². The first kappa shape index (κ1) is 18.9. The van der Waals surface area contributed by atoms with Crippen molar-refractivity contribution in [2.24, 2.45) is 0 Å². The summed E-state index contributed by atoms with van der Waals surface area (Å²) in [7, 11) is 0. The summed E-state index contributed by atoms with van der Waals surface area (Å²) in [4.78, 5) is 19.5. The molecular formula is C24H19ClN2O3. The van der Waals surface area contributed by atoms with E-state index in [1.54, 1.807) is 24.4 Å². The normalized spacial score (nSPS) is 16.7. The van der Waals surface area contributed by atoms with E-state index < -0.39 is 0 Å². The number of fused-ring (bicyclic) bond motifs is 2. The van der Waals surface area contributed by atoms with Gasteiger partial charge in [-0.05, 0) is 48.9 Å². The largest absolute Gasteiger partial charge is 0.477 e. The van der Waals surface area contributed by atoms with Crippen molar-refractivity contribution in [1.29, 1.82) is 0 Å². The number of Topliss-reactive ketones (excluding diaryl/α,β-unsaturated/α-hetero) is 1. The number of halogens is 1. The zero-order valence-electron chi connectivity index (χ0n) is 16.4. The molecule has 0 radical (unpaired) electrons. The van der Waals surface area contributed by atoms with Crippen LogP contribution in [0.4, 0.5) is 0 Å². The van der Waals surface area contributed by atoms with Gasteiger partial charge in [0.1, 0.15) is 18.2 Å². The molecule has 6 heteroatoms. The van der Waals surface area contributed by atoms with Crippen molar-refractivity contribution in [3.63, 3.8) is 0 Å². The Kier molecular flexibility index (Phi) is 4.77. The molecule has 3 heterocycles. The Hall–Kier alpha value is -3.15. The van der Waals surface area contributed by atoms with Crippen LogP contribution in [0.5, 0.6) is 11.5 Å². The fraction of sp³-hybridized carbons (Fsp3) is 0.167. The van der Waals surface area contributed by atoms with E-state index in [1.807, 2.05) is 43.3 Å². The van der Waals surface area contributed by atoms with Crippen LogP contribution in [0.3, 0.4) is 0 Å². The van der Waals surface area contributed by atoms with Gasteiger partial charge in [0.2, 0.25) is 5.78 Å². The van der Waals surface area contributed by atoms with Crippen LogP contribution in [-0.2, 0) is 13.1 Å². The number of nitrogens with zero attached hydrogens (tertiary/aromatic N) is 2. The smallest absolute Gasteiger partial charge is 0.231 e. The van der Waals surface area contributed by atoms with E-state index in [4.69, 9.17) is 21.1 Å². The predicted octanol–water partition coefficient (Wildman–Crippen LogP) is 5.01. The van der Waals surface area contributed by atoms with E-state index >= 15 is 0 Å². The molecule has 0 aliphatic carbocycles. The third-order valence-electron chi connectivity index (χ3n) is 5.28. The number of allylic oxidation sites excluding steroid dienone is 1. The second-order valence-electron chi connectivity index (χ2n) is 7.44. The minimum atomic E-state index is -0.118. The molecule has 0 bridgehead atoms. The van der Waals surface area contributed by atoms with Crippen LogP contribution in [-0.4, -0.2) is 22.4 Å². The maximum Gasteiger partial charge on any atom is 0.231 e. The summed E-state index contributed by atoms with van der Waals surface area (Å²) in [6, 6.07) is 15.0. The van der Waals surface area contributed by atoms with Crippen molar-refractivity contribution in [2.45, 2.75) is 20.0 Å². The van der Waals surface area contributed by atoms with Gasteiger partial charge in [0.15, 0.2) is 5.76 Å². The molecule has 2 aliphatic heterocycles. The lowest BCUT2D eigenvalue weighted by Crippen LogP contribution is -2.32. The van der Waals surface area contributed by atoms with Gasteiger partial charge < -0.3 is 9.47 Å². The molecule has 0 unspecified atom stereocenters. The number of ether oxygens (including phenoxy) is 2. The summed E-state index contributed by atoms with van der Waals surface area (Å²) in [5.41, 5.74) is 4.26. The molecule has 5 rings (SSSR count). The number of pyridine rings is 1. The van der Waals surface area contributed by atoms with Gasteiger partial charge in [-0.25, -0.2) is 0 Å². The molecular weight excluding hydrogens is 400 g/mol. The summed E-state index contributed by atoms with van der Waals surface area (Å²) >= 11 is 5.95. The highest BCUT2D eigenvalue weighted by molar-refractivity contribution is 6.30. The molecule has 150 valence electrons. The fourth-order valence-corrected chi connectivity index (χ4v) is 3.95.